The molecule has 1 N–H and O–H groups in total. The summed E-state index contributed by atoms with van der Waals surface area (Å²) < 4.78 is 21.5. The average Bonchev–Trinajstić information content (AvgIpc) is 3.43. The van der Waals surface area contributed by atoms with Crippen molar-refractivity contribution in [3.05, 3.63) is 84.2 Å². The highest BCUT2D eigenvalue weighted by atomic mass is 32.1. The first-order valence-corrected chi connectivity index (χ1v) is 11.3. The molecule has 3 aromatic rings. The van der Waals surface area contributed by atoms with Crippen LogP contribution in [0.25, 0.3) is 5.69 Å². The van der Waals surface area contributed by atoms with Crippen LogP contribution in [0.4, 0.5) is 4.39 Å². The highest BCUT2D eigenvalue weighted by molar-refractivity contribution is 7.80. The number of halogens is 1. The summed E-state index contributed by atoms with van der Waals surface area (Å²) in [4.78, 5) is 9.26. The molecule has 6 nitrogen and oxygen atoms in total. The Bertz CT molecular complexity index is 1070. The SMILES string of the molecule is Fc1cccc(-n2cccc2[C@@H]2[C@@H](c3ccccn3)NC(=S)N2CCN2CCOCC2)c1. The van der Waals surface area contributed by atoms with Crippen LogP contribution in [0.5, 0.6) is 0 Å². The van der Waals surface area contributed by atoms with Gasteiger partial charge in [0, 0.05) is 50.0 Å². The zero-order chi connectivity index (χ0) is 21.9. The summed E-state index contributed by atoms with van der Waals surface area (Å²) >= 11 is 5.79. The third kappa shape index (κ3) is 4.26. The molecule has 166 valence electrons. The molecule has 0 saturated carbocycles. The lowest BCUT2D eigenvalue weighted by molar-refractivity contribution is 0.0349. The molecule has 0 amide bonds. The van der Waals surface area contributed by atoms with E-state index in [1.165, 1.54) is 6.07 Å². The molecule has 8 heteroatoms. The second-order valence-corrected chi connectivity index (χ2v) is 8.44. The minimum atomic E-state index is -0.257. The van der Waals surface area contributed by atoms with Crippen LogP contribution in [-0.2, 0) is 4.74 Å². The van der Waals surface area contributed by atoms with Crippen molar-refractivity contribution < 1.29 is 9.13 Å². The number of ether oxygens (including phenoxy) is 1. The van der Waals surface area contributed by atoms with Gasteiger partial charge in [0.25, 0.3) is 0 Å². The van der Waals surface area contributed by atoms with E-state index in [0.29, 0.717) is 5.11 Å². The van der Waals surface area contributed by atoms with E-state index in [-0.39, 0.29) is 17.9 Å². The molecule has 2 saturated heterocycles. The van der Waals surface area contributed by atoms with Gasteiger partial charge in [0.2, 0.25) is 0 Å². The van der Waals surface area contributed by atoms with Crippen LogP contribution in [0.3, 0.4) is 0 Å². The summed E-state index contributed by atoms with van der Waals surface area (Å²) in [5.41, 5.74) is 2.76. The molecule has 0 spiro atoms. The quantitative estimate of drug-likeness (QED) is 0.581. The van der Waals surface area contributed by atoms with Crippen LogP contribution in [0.1, 0.15) is 23.5 Å². The Morgan fingerprint density at radius 1 is 1.06 bits per heavy atom. The molecule has 2 atom stereocenters. The second-order valence-electron chi connectivity index (χ2n) is 8.06. The van der Waals surface area contributed by atoms with E-state index in [4.69, 9.17) is 17.0 Å². The van der Waals surface area contributed by atoms with Gasteiger partial charge in [-0.1, -0.05) is 12.1 Å². The fourth-order valence-corrected chi connectivity index (χ4v) is 4.87. The molecule has 2 fully saturated rings. The molecule has 1 aromatic carbocycles. The predicted octanol–water partition coefficient (Wildman–Crippen LogP) is 3.32. The van der Waals surface area contributed by atoms with Crippen molar-refractivity contribution in [2.45, 2.75) is 12.1 Å². The maximum atomic E-state index is 14.0. The van der Waals surface area contributed by atoms with E-state index >= 15 is 0 Å². The summed E-state index contributed by atoms with van der Waals surface area (Å²) in [7, 11) is 0. The van der Waals surface area contributed by atoms with Crippen molar-refractivity contribution in [2.24, 2.45) is 0 Å². The molecular weight excluding hydrogens is 425 g/mol. The Morgan fingerprint density at radius 2 is 1.94 bits per heavy atom. The molecule has 0 radical (unpaired) electrons. The zero-order valence-electron chi connectivity index (χ0n) is 17.7. The van der Waals surface area contributed by atoms with Gasteiger partial charge in [0.15, 0.2) is 5.11 Å². The Balaban J connectivity index is 1.50. The van der Waals surface area contributed by atoms with E-state index in [9.17, 15) is 4.39 Å². The van der Waals surface area contributed by atoms with Gasteiger partial charge in [-0.2, -0.15) is 0 Å². The van der Waals surface area contributed by atoms with Gasteiger partial charge in [0.05, 0.1) is 31.0 Å². The van der Waals surface area contributed by atoms with Crippen LogP contribution >= 0.6 is 12.2 Å². The number of hydrogen-bond donors (Lipinski definition) is 1. The summed E-state index contributed by atoms with van der Waals surface area (Å²) in [6.45, 7) is 5.09. The van der Waals surface area contributed by atoms with Gasteiger partial charge >= 0.3 is 0 Å². The van der Waals surface area contributed by atoms with Gasteiger partial charge < -0.3 is 19.5 Å². The smallest absolute Gasteiger partial charge is 0.170 e. The molecule has 5 rings (SSSR count). The number of rotatable bonds is 6. The number of nitrogens with one attached hydrogen (secondary N) is 1. The van der Waals surface area contributed by atoms with E-state index in [1.807, 2.05) is 41.1 Å². The van der Waals surface area contributed by atoms with Gasteiger partial charge in [-0.3, -0.25) is 9.88 Å². The number of thiocarbonyl (C=S) groups is 1. The van der Waals surface area contributed by atoms with Crippen molar-refractivity contribution in [3.8, 4) is 5.69 Å². The molecule has 32 heavy (non-hydrogen) atoms. The van der Waals surface area contributed by atoms with Crippen LogP contribution in [0.15, 0.2) is 67.0 Å². The van der Waals surface area contributed by atoms with Crippen molar-refractivity contribution in [1.82, 2.24) is 24.7 Å². The van der Waals surface area contributed by atoms with E-state index in [1.54, 1.807) is 18.3 Å². The average molecular weight is 452 g/mol. The number of nitrogens with zero attached hydrogens (tertiary/aromatic N) is 4. The molecule has 2 aromatic heterocycles. The molecule has 0 bridgehead atoms. The molecular formula is C24H26FN5OS. The summed E-state index contributed by atoms with van der Waals surface area (Å²) in [6, 6.07) is 16.5. The van der Waals surface area contributed by atoms with Crippen molar-refractivity contribution in [3.63, 3.8) is 0 Å². The largest absolute Gasteiger partial charge is 0.379 e. The third-order valence-electron chi connectivity index (χ3n) is 6.13. The van der Waals surface area contributed by atoms with E-state index in [0.717, 1.165) is 56.5 Å². The number of aromatic nitrogens is 2. The predicted molar refractivity (Wildman–Crippen MR) is 125 cm³/mol. The number of morpholine rings is 1. The first-order chi connectivity index (χ1) is 15.7. The van der Waals surface area contributed by atoms with Gasteiger partial charge in [-0.25, -0.2) is 4.39 Å². The molecule has 4 heterocycles. The van der Waals surface area contributed by atoms with Gasteiger partial charge in [0.1, 0.15) is 5.82 Å². The summed E-state index contributed by atoms with van der Waals surface area (Å²) in [5, 5.41) is 4.21. The lowest BCUT2D eigenvalue weighted by Gasteiger charge is -2.32. The molecule has 2 aliphatic heterocycles. The van der Waals surface area contributed by atoms with Crippen LogP contribution in [0, 0.1) is 5.82 Å². The Hall–Kier alpha value is -2.81. The first-order valence-electron chi connectivity index (χ1n) is 10.9. The van der Waals surface area contributed by atoms with Crippen molar-refractivity contribution >= 4 is 17.3 Å². The van der Waals surface area contributed by atoms with Crippen molar-refractivity contribution in [2.75, 3.05) is 39.4 Å². The lowest BCUT2D eigenvalue weighted by Crippen LogP contribution is -2.42. The Kier molecular flexibility index (Phi) is 6.16. The van der Waals surface area contributed by atoms with E-state index in [2.05, 4.69) is 26.2 Å². The highest BCUT2D eigenvalue weighted by Gasteiger charge is 2.41. The van der Waals surface area contributed by atoms with Crippen molar-refractivity contribution in [1.29, 1.82) is 0 Å². The highest BCUT2D eigenvalue weighted by Crippen LogP contribution is 2.39. The fraction of sp³-hybridized carbons (Fsp3) is 0.333. The first kappa shape index (κ1) is 21.1. The topological polar surface area (TPSA) is 45.6 Å². The lowest BCUT2D eigenvalue weighted by atomic mass is 10.0. The normalized spacial score (nSPS) is 21.7. The molecule has 0 aliphatic carbocycles. The van der Waals surface area contributed by atoms with Gasteiger partial charge in [-0.05, 0) is 54.7 Å². The minimum absolute atomic E-state index is 0.0725. The van der Waals surface area contributed by atoms with Crippen LogP contribution in [-0.4, -0.2) is 63.9 Å². The fourth-order valence-electron chi connectivity index (χ4n) is 4.54. The number of pyridine rings is 1. The second kappa shape index (κ2) is 9.36. The summed E-state index contributed by atoms with van der Waals surface area (Å²) in [5.74, 6) is -0.257. The van der Waals surface area contributed by atoms with Crippen LogP contribution in [0.2, 0.25) is 0 Å². The molecule has 2 aliphatic rings. The number of benzene rings is 1. The Labute approximate surface area is 192 Å². The Morgan fingerprint density at radius 3 is 2.72 bits per heavy atom. The maximum absolute atomic E-state index is 14.0. The van der Waals surface area contributed by atoms with Crippen LogP contribution < -0.4 is 5.32 Å². The maximum Gasteiger partial charge on any atom is 0.170 e. The van der Waals surface area contributed by atoms with E-state index < -0.39 is 0 Å². The third-order valence-corrected chi connectivity index (χ3v) is 6.48. The standard InChI is InChI=1S/C24H26FN5OS/c25-18-5-3-6-19(17-18)29-10-4-8-21(29)23-22(20-7-1-2-9-26-20)27-24(32)30(23)12-11-28-13-15-31-16-14-28/h1-10,17,22-23H,11-16H2,(H,27,32)/t22-,23-/m1/s1. The molecule has 0 unspecified atom stereocenters. The minimum Gasteiger partial charge on any atom is -0.379 e. The summed E-state index contributed by atoms with van der Waals surface area (Å²) in [6.07, 6.45) is 3.78. The zero-order valence-corrected chi connectivity index (χ0v) is 18.5. The monoisotopic (exact) mass is 451 g/mol. The van der Waals surface area contributed by atoms with Gasteiger partial charge in [-0.15, -0.1) is 0 Å². The number of hydrogen-bond acceptors (Lipinski definition) is 4.